The Balaban J connectivity index is 1.92. The summed E-state index contributed by atoms with van der Waals surface area (Å²) in [6.45, 7) is 1.86. The van der Waals surface area contributed by atoms with Crippen molar-refractivity contribution in [1.29, 1.82) is 0 Å². The highest BCUT2D eigenvalue weighted by atomic mass is 19.1. The Kier molecular flexibility index (Phi) is 3.25. The maximum Gasteiger partial charge on any atom is 0.300 e. The molecular weight excluding hydrogens is 277 g/mol. The second kappa shape index (κ2) is 5.08. The van der Waals surface area contributed by atoms with Crippen LogP contribution < -0.4 is 4.90 Å². The Bertz CT molecular complexity index is 726. The molecule has 1 aromatic carbocycles. The van der Waals surface area contributed by atoms with E-state index in [1.54, 1.807) is 0 Å². The molecule has 0 N–H and O–H groups in total. The number of carbonyl (C=O) groups excluding carboxylic acids is 2. The number of para-hydroxylation sites is 1. The number of hydrogen-bond acceptors (Lipinski definition) is 5. The van der Waals surface area contributed by atoms with E-state index in [1.165, 1.54) is 18.2 Å². The lowest BCUT2D eigenvalue weighted by molar-refractivity contribution is -0.114. The van der Waals surface area contributed by atoms with Crippen LogP contribution in [0.3, 0.4) is 0 Å². The van der Waals surface area contributed by atoms with Crippen molar-refractivity contribution >= 4 is 17.4 Å². The molecule has 1 aromatic heterocycles. The zero-order valence-corrected chi connectivity index (χ0v) is 11.3. The van der Waals surface area contributed by atoms with Gasteiger partial charge in [0.25, 0.3) is 11.7 Å². The number of benzene rings is 1. The lowest BCUT2D eigenvalue weighted by Crippen LogP contribution is -2.29. The summed E-state index contributed by atoms with van der Waals surface area (Å²) in [4.78, 5) is 29.0. The molecular formula is C14H12FN3O3. The predicted octanol–water partition coefficient (Wildman–Crippen LogP) is 1.89. The topological polar surface area (TPSA) is 76.3 Å². The van der Waals surface area contributed by atoms with Crippen molar-refractivity contribution in [2.75, 3.05) is 4.90 Å². The summed E-state index contributed by atoms with van der Waals surface area (Å²) >= 11 is 0. The van der Waals surface area contributed by atoms with Gasteiger partial charge in [-0.3, -0.25) is 14.5 Å². The van der Waals surface area contributed by atoms with Gasteiger partial charge >= 0.3 is 0 Å². The smallest absolute Gasteiger partial charge is 0.300 e. The van der Waals surface area contributed by atoms with Crippen molar-refractivity contribution in [2.45, 2.75) is 26.3 Å². The molecule has 0 radical (unpaired) electrons. The van der Waals surface area contributed by atoms with Crippen LogP contribution in [0.2, 0.25) is 0 Å². The summed E-state index contributed by atoms with van der Waals surface area (Å²) in [6.07, 6.45) is 1.51. The normalized spacial score (nSPS) is 13.9. The van der Waals surface area contributed by atoms with Crippen LogP contribution in [0.1, 0.15) is 35.4 Å². The summed E-state index contributed by atoms with van der Waals surface area (Å²) in [5.41, 5.74) is 0.0380. The van der Waals surface area contributed by atoms with Crippen molar-refractivity contribution in [1.82, 2.24) is 10.1 Å². The molecule has 0 saturated heterocycles. The van der Waals surface area contributed by atoms with Crippen molar-refractivity contribution in [2.24, 2.45) is 0 Å². The van der Waals surface area contributed by atoms with Crippen molar-refractivity contribution in [3.05, 3.63) is 41.3 Å². The number of halogens is 1. The second-order valence-corrected chi connectivity index (χ2v) is 4.71. The van der Waals surface area contributed by atoms with Crippen LogP contribution in [0.5, 0.6) is 0 Å². The quantitative estimate of drug-likeness (QED) is 0.803. The SMILES string of the molecule is CCCc1noc(CN2C(=O)C(=O)c3cccc(F)c32)n1. The first-order valence-electron chi connectivity index (χ1n) is 6.58. The van der Waals surface area contributed by atoms with Gasteiger partial charge in [-0.05, 0) is 18.6 Å². The fourth-order valence-corrected chi connectivity index (χ4v) is 2.28. The number of aromatic nitrogens is 2. The Morgan fingerprint density at radius 2 is 2.14 bits per heavy atom. The number of amides is 1. The summed E-state index contributed by atoms with van der Waals surface area (Å²) in [5, 5.41) is 3.77. The van der Waals surface area contributed by atoms with Gasteiger partial charge in [0.15, 0.2) is 5.82 Å². The zero-order valence-electron chi connectivity index (χ0n) is 11.3. The number of hydrogen-bond donors (Lipinski definition) is 0. The third-order valence-electron chi connectivity index (χ3n) is 3.22. The largest absolute Gasteiger partial charge is 0.337 e. The van der Waals surface area contributed by atoms with E-state index in [4.69, 9.17) is 4.52 Å². The molecule has 0 atom stereocenters. The second-order valence-electron chi connectivity index (χ2n) is 4.71. The van der Waals surface area contributed by atoms with Crippen molar-refractivity contribution in [3.63, 3.8) is 0 Å². The van der Waals surface area contributed by atoms with E-state index in [1.807, 2.05) is 6.92 Å². The highest BCUT2D eigenvalue weighted by molar-refractivity contribution is 6.52. The van der Waals surface area contributed by atoms with Crippen molar-refractivity contribution < 1.29 is 18.5 Å². The van der Waals surface area contributed by atoms with Gasteiger partial charge in [0.2, 0.25) is 5.89 Å². The predicted molar refractivity (Wildman–Crippen MR) is 70.2 cm³/mol. The first-order valence-corrected chi connectivity index (χ1v) is 6.58. The molecule has 2 heterocycles. The van der Waals surface area contributed by atoms with Crippen LogP contribution in [0.25, 0.3) is 0 Å². The van der Waals surface area contributed by atoms with E-state index < -0.39 is 17.5 Å². The maximum absolute atomic E-state index is 13.9. The summed E-state index contributed by atoms with van der Waals surface area (Å²) in [5.74, 6) is -1.43. The zero-order chi connectivity index (χ0) is 15.0. The molecule has 1 aliphatic heterocycles. The van der Waals surface area contributed by atoms with Gasteiger partial charge in [0.1, 0.15) is 12.4 Å². The van der Waals surface area contributed by atoms with Gasteiger partial charge in [-0.15, -0.1) is 0 Å². The molecule has 1 aliphatic rings. The van der Waals surface area contributed by atoms with Gasteiger partial charge in [-0.25, -0.2) is 4.39 Å². The third-order valence-corrected chi connectivity index (χ3v) is 3.22. The first kappa shape index (κ1) is 13.4. The molecule has 21 heavy (non-hydrogen) atoms. The Morgan fingerprint density at radius 1 is 1.33 bits per heavy atom. The van der Waals surface area contributed by atoms with Crippen LogP contribution in [-0.4, -0.2) is 21.8 Å². The lowest BCUT2D eigenvalue weighted by atomic mass is 10.1. The number of ketones is 1. The minimum atomic E-state index is -0.787. The van der Waals surface area contributed by atoms with Crippen LogP contribution in [0.15, 0.2) is 22.7 Å². The minimum Gasteiger partial charge on any atom is -0.337 e. The summed E-state index contributed by atoms with van der Waals surface area (Å²) in [6, 6.07) is 4.03. The van der Waals surface area contributed by atoms with Crippen LogP contribution in [-0.2, 0) is 17.8 Å². The average Bonchev–Trinajstić information content (AvgIpc) is 3.00. The third kappa shape index (κ3) is 2.20. The molecule has 3 rings (SSSR count). The molecule has 0 fully saturated rings. The van der Waals surface area contributed by atoms with Crippen LogP contribution in [0, 0.1) is 5.82 Å². The number of fused-ring (bicyclic) bond motifs is 1. The standard InChI is InChI=1S/C14H12FN3O3/c1-2-4-10-16-11(21-17-10)7-18-12-8(13(19)14(18)20)5-3-6-9(12)15/h3,5-6H,2,4,7H2,1H3. The maximum atomic E-state index is 13.9. The number of aryl methyl sites for hydroxylation is 1. The summed E-state index contributed by atoms with van der Waals surface area (Å²) in [7, 11) is 0. The van der Waals surface area contributed by atoms with E-state index in [-0.39, 0.29) is 23.7 Å². The highest BCUT2D eigenvalue weighted by Gasteiger charge is 2.38. The molecule has 2 aromatic rings. The molecule has 0 unspecified atom stereocenters. The van der Waals surface area contributed by atoms with Crippen LogP contribution in [0.4, 0.5) is 10.1 Å². The number of rotatable bonds is 4. The van der Waals surface area contributed by atoms with Gasteiger partial charge in [-0.1, -0.05) is 18.1 Å². The molecule has 0 spiro atoms. The Morgan fingerprint density at radius 3 is 2.90 bits per heavy atom. The molecule has 6 nitrogen and oxygen atoms in total. The van der Waals surface area contributed by atoms with E-state index in [0.717, 1.165) is 11.3 Å². The highest BCUT2D eigenvalue weighted by Crippen LogP contribution is 2.32. The van der Waals surface area contributed by atoms with Crippen molar-refractivity contribution in [3.8, 4) is 0 Å². The molecule has 7 heteroatoms. The van der Waals surface area contributed by atoms with Crippen LogP contribution >= 0.6 is 0 Å². The average molecular weight is 289 g/mol. The minimum absolute atomic E-state index is 0.0252. The first-order chi connectivity index (χ1) is 10.1. The van der Waals surface area contributed by atoms with E-state index in [2.05, 4.69) is 10.1 Å². The molecule has 0 aliphatic carbocycles. The van der Waals surface area contributed by atoms with E-state index >= 15 is 0 Å². The van der Waals surface area contributed by atoms with Gasteiger partial charge in [0.05, 0.1) is 11.3 Å². The molecule has 1 amide bonds. The van der Waals surface area contributed by atoms with E-state index in [9.17, 15) is 14.0 Å². The monoisotopic (exact) mass is 289 g/mol. The fraction of sp³-hybridized carbons (Fsp3) is 0.286. The number of Topliss-reactive ketones (excluding diaryl/α,β-unsaturated/α-hetero) is 1. The number of anilines is 1. The fourth-order valence-electron chi connectivity index (χ4n) is 2.28. The summed E-state index contributed by atoms with van der Waals surface area (Å²) < 4.78 is 18.9. The Labute approximate surface area is 119 Å². The molecule has 0 saturated carbocycles. The van der Waals surface area contributed by atoms with Gasteiger partial charge < -0.3 is 4.52 Å². The van der Waals surface area contributed by atoms with E-state index in [0.29, 0.717) is 12.2 Å². The molecule has 0 bridgehead atoms. The Hall–Kier alpha value is -2.57. The number of carbonyl (C=O) groups is 2. The van der Waals surface area contributed by atoms with Gasteiger partial charge in [-0.2, -0.15) is 4.98 Å². The van der Waals surface area contributed by atoms with Gasteiger partial charge in [0, 0.05) is 6.42 Å². The molecule has 108 valence electrons. The lowest BCUT2D eigenvalue weighted by Gasteiger charge is -2.14. The number of nitrogens with zero attached hydrogens (tertiary/aromatic N) is 3.